The Morgan fingerprint density at radius 3 is 2.53 bits per heavy atom. The van der Waals surface area contributed by atoms with E-state index in [2.05, 4.69) is 15.4 Å². The number of alkyl halides is 3. The first-order valence-corrected chi connectivity index (χ1v) is 10.2. The van der Waals surface area contributed by atoms with Crippen molar-refractivity contribution in [2.45, 2.75) is 31.5 Å². The fourth-order valence-corrected chi connectivity index (χ4v) is 3.65. The van der Waals surface area contributed by atoms with Crippen molar-refractivity contribution in [3.05, 3.63) is 46.3 Å². The molecule has 2 fully saturated rings. The Morgan fingerprint density at radius 2 is 1.87 bits per heavy atom. The summed E-state index contributed by atoms with van der Waals surface area (Å²) in [4.78, 5) is 16.5. The van der Waals surface area contributed by atoms with Crippen LogP contribution in [0.3, 0.4) is 0 Å². The highest BCUT2D eigenvalue weighted by Crippen LogP contribution is 2.40. The van der Waals surface area contributed by atoms with Crippen LogP contribution < -0.4 is 5.32 Å². The van der Waals surface area contributed by atoms with E-state index < -0.39 is 17.6 Å². The second-order valence-corrected chi connectivity index (χ2v) is 8.19. The summed E-state index contributed by atoms with van der Waals surface area (Å²) in [7, 11) is 0. The summed E-state index contributed by atoms with van der Waals surface area (Å²) in [5.41, 5.74) is 0.0309. The van der Waals surface area contributed by atoms with Crippen molar-refractivity contribution in [3.8, 4) is 0 Å². The Kier molecular flexibility index (Phi) is 6.04. The van der Waals surface area contributed by atoms with Crippen LogP contribution in [-0.2, 0) is 17.5 Å². The molecule has 0 unspecified atom stereocenters. The van der Waals surface area contributed by atoms with Gasteiger partial charge in [0, 0.05) is 44.7 Å². The van der Waals surface area contributed by atoms with Crippen LogP contribution in [0.5, 0.6) is 0 Å². The van der Waals surface area contributed by atoms with Crippen LogP contribution in [0.1, 0.15) is 35.8 Å². The molecule has 162 valence electrons. The molecule has 10 heteroatoms. The van der Waals surface area contributed by atoms with E-state index in [4.69, 9.17) is 16.1 Å². The van der Waals surface area contributed by atoms with Crippen molar-refractivity contribution in [3.63, 3.8) is 0 Å². The Labute approximate surface area is 176 Å². The Balaban J connectivity index is 1.25. The number of piperazine rings is 1. The zero-order valence-electron chi connectivity index (χ0n) is 16.2. The lowest BCUT2D eigenvalue weighted by molar-refractivity contribution is -0.137. The lowest BCUT2D eigenvalue weighted by atomic mass is 10.2. The van der Waals surface area contributed by atoms with E-state index in [0.717, 1.165) is 42.7 Å². The largest absolute Gasteiger partial charge is 0.416 e. The molecule has 1 aliphatic heterocycles. The highest BCUT2D eigenvalue weighted by Gasteiger charge is 2.31. The van der Waals surface area contributed by atoms with Gasteiger partial charge in [0.05, 0.1) is 28.5 Å². The lowest BCUT2D eigenvalue weighted by Crippen LogP contribution is -2.48. The quantitative estimate of drug-likeness (QED) is 0.733. The van der Waals surface area contributed by atoms with E-state index in [9.17, 15) is 18.0 Å². The average molecular weight is 443 g/mol. The molecule has 2 heterocycles. The summed E-state index contributed by atoms with van der Waals surface area (Å²) in [5.74, 6) is 1.11. The van der Waals surface area contributed by atoms with Crippen LogP contribution in [0.4, 0.5) is 18.9 Å². The zero-order valence-corrected chi connectivity index (χ0v) is 17.0. The number of nitrogens with zero attached hydrogens (tertiary/aromatic N) is 3. The van der Waals surface area contributed by atoms with Gasteiger partial charge in [-0.25, -0.2) is 0 Å². The Hall–Kier alpha value is -2.10. The minimum atomic E-state index is -4.50. The van der Waals surface area contributed by atoms with Gasteiger partial charge in [-0.3, -0.25) is 14.6 Å². The lowest BCUT2D eigenvalue weighted by Gasteiger charge is -2.33. The molecule has 0 radical (unpaired) electrons. The minimum absolute atomic E-state index is 0.0346. The molecule has 4 rings (SSSR count). The molecule has 6 nitrogen and oxygen atoms in total. The van der Waals surface area contributed by atoms with E-state index in [1.807, 2.05) is 11.0 Å². The third-order valence-corrected chi connectivity index (χ3v) is 5.67. The van der Waals surface area contributed by atoms with Crippen molar-refractivity contribution in [2.24, 2.45) is 0 Å². The summed E-state index contributed by atoms with van der Waals surface area (Å²) < 4.78 is 44.0. The maximum atomic E-state index is 12.9. The first-order valence-electron chi connectivity index (χ1n) is 9.85. The number of benzene rings is 1. The van der Waals surface area contributed by atoms with Gasteiger partial charge >= 0.3 is 6.18 Å². The topological polar surface area (TPSA) is 61.6 Å². The van der Waals surface area contributed by atoms with Crippen molar-refractivity contribution in [1.29, 1.82) is 0 Å². The minimum Gasteiger partial charge on any atom is -0.361 e. The van der Waals surface area contributed by atoms with E-state index >= 15 is 0 Å². The van der Waals surface area contributed by atoms with E-state index in [-0.39, 0.29) is 17.3 Å². The van der Waals surface area contributed by atoms with Crippen LogP contribution in [0, 0.1) is 0 Å². The van der Waals surface area contributed by atoms with E-state index in [1.165, 1.54) is 12.8 Å². The molecule has 1 saturated heterocycles. The van der Waals surface area contributed by atoms with E-state index in [0.29, 0.717) is 25.6 Å². The van der Waals surface area contributed by atoms with Crippen molar-refractivity contribution >= 4 is 23.2 Å². The van der Waals surface area contributed by atoms with Crippen molar-refractivity contribution in [2.75, 3.05) is 38.0 Å². The number of hydrogen-bond donors (Lipinski definition) is 1. The van der Waals surface area contributed by atoms with Gasteiger partial charge in [-0.1, -0.05) is 16.8 Å². The van der Waals surface area contributed by atoms with Crippen LogP contribution in [-0.4, -0.2) is 53.6 Å². The number of carbonyl (C=O) groups is 1. The van der Waals surface area contributed by atoms with Gasteiger partial charge in [-0.05, 0) is 31.0 Å². The first-order chi connectivity index (χ1) is 14.3. The predicted octanol–water partition coefficient (Wildman–Crippen LogP) is 3.98. The van der Waals surface area contributed by atoms with Crippen LogP contribution in [0.15, 0.2) is 28.8 Å². The number of anilines is 1. The summed E-state index contributed by atoms with van der Waals surface area (Å²) >= 11 is 5.94. The van der Waals surface area contributed by atoms with Gasteiger partial charge in [-0.2, -0.15) is 13.2 Å². The summed E-state index contributed by atoms with van der Waals surface area (Å²) in [6.07, 6.45) is -2.16. The number of hydrogen-bond acceptors (Lipinski definition) is 5. The smallest absolute Gasteiger partial charge is 0.361 e. The van der Waals surface area contributed by atoms with Gasteiger partial charge < -0.3 is 9.84 Å². The fourth-order valence-electron chi connectivity index (χ4n) is 3.49. The van der Waals surface area contributed by atoms with Crippen molar-refractivity contribution < 1.29 is 22.5 Å². The highest BCUT2D eigenvalue weighted by molar-refractivity contribution is 6.33. The second-order valence-electron chi connectivity index (χ2n) is 7.79. The Bertz CT molecular complexity index is 906. The monoisotopic (exact) mass is 442 g/mol. The molecule has 2 aromatic rings. The van der Waals surface area contributed by atoms with Gasteiger partial charge in [0.25, 0.3) is 0 Å². The molecule has 0 bridgehead atoms. The summed E-state index contributed by atoms with van der Waals surface area (Å²) in [6, 6.07) is 4.90. The number of carbonyl (C=O) groups excluding carboxylic acids is 1. The molecular weight excluding hydrogens is 421 g/mol. The maximum Gasteiger partial charge on any atom is 0.416 e. The number of amides is 1. The number of aromatic nitrogens is 1. The average Bonchev–Trinajstić information content (AvgIpc) is 3.43. The standard InChI is InChI=1S/C20H22ClF3N4O2/c21-16-4-3-14(20(22,23)24)9-17(16)25-19(29)12-28-7-5-27(6-8-28)11-15-10-18(30-26-15)13-1-2-13/h3-4,9-10,13H,1-2,5-8,11-12H2,(H,25,29). The maximum absolute atomic E-state index is 12.9. The van der Waals surface area contributed by atoms with Crippen molar-refractivity contribution in [1.82, 2.24) is 15.0 Å². The molecule has 0 atom stereocenters. The molecule has 1 N–H and O–H groups in total. The second kappa shape index (κ2) is 8.56. The third-order valence-electron chi connectivity index (χ3n) is 5.34. The third kappa shape index (κ3) is 5.33. The SMILES string of the molecule is O=C(CN1CCN(Cc2cc(C3CC3)on2)CC1)Nc1cc(C(F)(F)F)ccc1Cl. The van der Waals surface area contributed by atoms with Gasteiger partial charge in [0.1, 0.15) is 5.76 Å². The zero-order chi connectivity index (χ0) is 21.3. The summed E-state index contributed by atoms with van der Waals surface area (Å²) in [6.45, 7) is 3.69. The van der Waals surface area contributed by atoms with Gasteiger partial charge in [0.15, 0.2) is 0 Å². The molecule has 0 spiro atoms. The molecular formula is C20H22ClF3N4O2. The molecule has 30 heavy (non-hydrogen) atoms. The molecule has 1 aromatic heterocycles. The van der Waals surface area contributed by atoms with Crippen LogP contribution in [0.25, 0.3) is 0 Å². The fraction of sp³-hybridized carbons (Fsp3) is 0.500. The van der Waals surface area contributed by atoms with Crippen LogP contribution in [0.2, 0.25) is 5.02 Å². The molecule has 1 aromatic carbocycles. The molecule has 1 amide bonds. The normalized spacial score (nSPS) is 18.5. The number of halogens is 4. The van der Waals surface area contributed by atoms with E-state index in [1.54, 1.807) is 0 Å². The highest BCUT2D eigenvalue weighted by atomic mass is 35.5. The molecule has 2 aliphatic rings. The number of rotatable bonds is 6. The number of nitrogens with one attached hydrogen (secondary N) is 1. The van der Waals surface area contributed by atoms with Gasteiger partial charge in [0.2, 0.25) is 5.91 Å². The Morgan fingerprint density at radius 1 is 1.17 bits per heavy atom. The summed E-state index contributed by atoms with van der Waals surface area (Å²) in [5, 5.41) is 6.69. The first kappa shape index (κ1) is 21.1. The van der Waals surface area contributed by atoms with Crippen LogP contribution >= 0.6 is 11.6 Å². The van der Waals surface area contributed by atoms with Gasteiger partial charge in [-0.15, -0.1) is 0 Å². The predicted molar refractivity (Wildman–Crippen MR) is 105 cm³/mol. The molecule has 1 saturated carbocycles. The molecule has 1 aliphatic carbocycles.